The number of alkyl halides is 3. The van der Waals surface area contributed by atoms with Gasteiger partial charge in [0.05, 0.1) is 11.6 Å². The minimum absolute atomic E-state index is 0.137. The Morgan fingerprint density at radius 2 is 1.32 bits per heavy atom. The molecule has 31 heavy (non-hydrogen) atoms. The van der Waals surface area contributed by atoms with Gasteiger partial charge in [-0.3, -0.25) is 4.90 Å². The average molecular weight is 433 g/mol. The van der Waals surface area contributed by atoms with Crippen molar-refractivity contribution in [2.75, 3.05) is 13.1 Å². The summed E-state index contributed by atoms with van der Waals surface area (Å²) >= 11 is 0. The molecule has 170 valence electrons. The van der Waals surface area contributed by atoms with Gasteiger partial charge in [-0.25, -0.2) is 0 Å². The Bertz CT molecular complexity index is 795. The number of rotatable bonds is 4. The van der Waals surface area contributed by atoms with Crippen molar-refractivity contribution in [2.24, 2.45) is 5.41 Å². The van der Waals surface area contributed by atoms with E-state index in [1.54, 1.807) is 0 Å². The van der Waals surface area contributed by atoms with Gasteiger partial charge in [-0.1, -0.05) is 71.0 Å². The SMILES string of the molecule is CC.CC.CC1(CC#N)CCN(Cc2ccc(-c3ccc(C(F)(F)F)cc3)cc2)CC1. The van der Waals surface area contributed by atoms with Crippen molar-refractivity contribution in [2.45, 2.75) is 66.6 Å². The summed E-state index contributed by atoms with van der Waals surface area (Å²) in [6, 6.07) is 15.6. The quantitative estimate of drug-likeness (QED) is 0.490. The Morgan fingerprint density at radius 3 is 1.74 bits per heavy atom. The van der Waals surface area contributed by atoms with Gasteiger partial charge in [-0.15, -0.1) is 0 Å². The van der Waals surface area contributed by atoms with Crippen molar-refractivity contribution in [1.82, 2.24) is 4.90 Å². The molecule has 0 radical (unpaired) electrons. The van der Waals surface area contributed by atoms with Crippen LogP contribution in [0.3, 0.4) is 0 Å². The maximum absolute atomic E-state index is 12.7. The standard InChI is InChI=1S/C22H23F3N2.2C2H6/c1-21(10-13-26)11-14-27(15-12-21)16-17-2-4-18(5-3-17)19-6-8-20(9-7-19)22(23,24)25;2*1-2/h2-9H,10-12,14-16H2,1H3;2*1-2H3. The fraction of sp³-hybridized carbons (Fsp3) is 0.500. The Balaban J connectivity index is 0.00000113. The van der Waals surface area contributed by atoms with Crippen LogP contribution in [0.2, 0.25) is 0 Å². The van der Waals surface area contributed by atoms with E-state index in [2.05, 4.69) is 17.9 Å². The van der Waals surface area contributed by atoms with Crippen molar-refractivity contribution in [3.63, 3.8) is 0 Å². The first kappa shape index (κ1) is 26.7. The smallest absolute Gasteiger partial charge is 0.299 e. The number of likely N-dealkylation sites (tertiary alicyclic amines) is 1. The lowest BCUT2D eigenvalue weighted by molar-refractivity contribution is -0.137. The summed E-state index contributed by atoms with van der Waals surface area (Å²) in [4.78, 5) is 2.40. The minimum atomic E-state index is -4.31. The highest BCUT2D eigenvalue weighted by Gasteiger charge is 2.30. The zero-order chi connectivity index (χ0) is 23.5. The molecule has 0 N–H and O–H groups in total. The summed E-state index contributed by atoms with van der Waals surface area (Å²) < 4.78 is 38.0. The summed E-state index contributed by atoms with van der Waals surface area (Å²) in [5.74, 6) is 0. The molecule has 2 aromatic carbocycles. The molecule has 0 unspecified atom stereocenters. The Morgan fingerprint density at radius 1 is 0.871 bits per heavy atom. The van der Waals surface area contributed by atoms with Gasteiger partial charge in [-0.2, -0.15) is 18.4 Å². The van der Waals surface area contributed by atoms with E-state index < -0.39 is 11.7 Å². The first-order valence-corrected chi connectivity index (χ1v) is 11.1. The van der Waals surface area contributed by atoms with Crippen molar-refractivity contribution in [3.8, 4) is 17.2 Å². The molecule has 0 aliphatic carbocycles. The molecule has 1 fully saturated rings. The van der Waals surface area contributed by atoms with Crippen LogP contribution < -0.4 is 0 Å². The normalized spacial score (nSPS) is 15.6. The van der Waals surface area contributed by atoms with Gasteiger partial charge in [0.15, 0.2) is 0 Å². The molecule has 0 aromatic heterocycles. The number of nitrogens with zero attached hydrogens (tertiary/aromatic N) is 2. The van der Waals surface area contributed by atoms with Crippen LogP contribution >= 0.6 is 0 Å². The zero-order valence-electron chi connectivity index (χ0n) is 19.4. The van der Waals surface area contributed by atoms with Crippen LogP contribution in [0.5, 0.6) is 0 Å². The first-order chi connectivity index (χ1) is 14.8. The van der Waals surface area contributed by atoms with Crippen LogP contribution in [0.15, 0.2) is 48.5 Å². The second-order valence-corrected chi connectivity index (χ2v) is 7.69. The summed E-state index contributed by atoms with van der Waals surface area (Å²) in [5.41, 5.74) is 2.39. The second-order valence-electron chi connectivity index (χ2n) is 7.69. The average Bonchev–Trinajstić information content (AvgIpc) is 2.78. The monoisotopic (exact) mass is 432 g/mol. The Labute approximate surface area is 185 Å². The third-order valence-corrected chi connectivity index (χ3v) is 5.47. The molecule has 2 aromatic rings. The number of halogens is 3. The Kier molecular flexibility index (Phi) is 10.8. The van der Waals surface area contributed by atoms with E-state index in [1.807, 2.05) is 52.0 Å². The predicted octanol–water partition coefficient (Wildman–Crippen LogP) is 7.94. The lowest BCUT2D eigenvalue weighted by atomic mass is 9.78. The number of benzene rings is 2. The van der Waals surface area contributed by atoms with Gasteiger partial charge in [-0.05, 0) is 60.2 Å². The fourth-order valence-corrected chi connectivity index (χ4v) is 3.53. The van der Waals surface area contributed by atoms with E-state index in [0.717, 1.165) is 55.7 Å². The summed E-state index contributed by atoms with van der Waals surface area (Å²) in [6.45, 7) is 13.0. The summed E-state index contributed by atoms with van der Waals surface area (Å²) in [6.07, 6.45) is -1.63. The molecular weight excluding hydrogens is 397 g/mol. The van der Waals surface area contributed by atoms with Crippen LogP contribution in [0.4, 0.5) is 13.2 Å². The molecular formula is C26H35F3N2. The van der Waals surface area contributed by atoms with Gasteiger partial charge < -0.3 is 0 Å². The van der Waals surface area contributed by atoms with E-state index in [9.17, 15) is 13.2 Å². The van der Waals surface area contributed by atoms with Crippen LogP contribution in [-0.2, 0) is 12.7 Å². The van der Waals surface area contributed by atoms with E-state index in [1.165, 1.54) is 17.7 Å². The lowest BCUT2D eigenvalue weighted by Gasteiger charge is -2.38. The molecule has 1 aliphatic heterocycles. The van der Waals surface area contributed by atoms with Crippen LogP contribution in [0, 0.1) is 16.7 Å². The molecule has 1 heterocycles. The molecule has 2 nitrogen and oxygen atoms in total. The highest BCUT2D eigenvalue weighted by atomic mass is 19.4. The van der Waals surface area contributed by atoms with E-state index in [0.29, 0.717) is 6.42 Å². The van der Waals surface area contributed by atoms with E-state index in [4.69, 9.17) is 5.26 Å². The topological polar surface area (TPSA) is 27.0 Å². The van der Waals surface area contributed by atoms with Gasteiger partial charge in [0, 0.05) is 13.0 Å². The maximum Gasteiger partial charge on any atom is 0.416 e. The number of hydrogen-bond donors (Lipinski definition) is 0. The van der Waals surface area contributed by atoms with Crippen LogP contribution in [-0.4, -0.2) is 18.0 Å². The minimum Gasteiger partial charge on any atom is -0.299 e. The maximum atomic E-state index is 12.7. The molecule has 0 spiro atoms. The molecule has 1 aliphatic rings. The van der Waals surface area contributed by atoms with Gasteiger partial charge in [0.2, 0.25) is 0 Å². The molecule has 0 saturated carbocycles. The molecule has 0 amide bonds. The Hall–Kier alpha value is -2.32. The van der Waals surface area contributed by atoms with Crippen molar-refractivity contribution in [3.05, 3.63) is 59.7 Å². The number of nitriles is 1. The highest BCUT2D eigenvalue weighted by Crippen LogP contribution is 2.34. The van der Waals surface area contributed by atoms with E-state index in [-0.39, 0.29) is 5.41 Å². The first-order valence-electron chi connectivity index (χ1n) is 11.1. The lowest BCUT2D eigenvalue weighted by Crippen LogP contribution is -2.38. The van der Waals surface area contributed by atoms with E-state index >= 15 is 0 Å². The third-order valence-electron chi connectivity index (χ3n) is 5.47. The summed E-state index contributed by atoms with van der Waals surface area (Å²) in [5, 5.41) is 8.94. The van der Waals surface area contributed by atoms with Gasteiger partial charge >= 0.3 is 6.18 Å². The van der Waals surface area contributed by atoms with Crippen molar-refractivity contribution in [1.29, 1.82) is 5.26 Å². The molecule has 0 bridgehead atoms. The number of piperidine rings is 1. The third kappa shape index (κ3) is 8.03. The van der Waals surface area contributed by atoms with Crippen LogP contribution in [0.1, 0.15) is 65.0 Å². The summed E-state index contributed by atoms with van der Waals surface area (Å²) in [7, 11) is 0. The van der Waals surface area contributed by atoms with Crippen molar-refractivity contribution < 1.29 is 13.2 Å². The number of hydrogen-bond acceptors (Lipinski definition) is 2. The molecule has 1 saturated heterocycles. The largest absolute Gasteiger partial charge is 0.416 e. The van der Waals surface area contributed by atoms with Gasteiger partial charge in [0.1, 0.15) is 0 Å². The van der Waals surface area contributed by atoms with Crippen molar-refractivity contribution >= 4 is 0 Å². The predicted molar refractivity (Wildman–Crippen MR) is 122 cm³/mol. The molecule has 5 heteroatoms. The van der Waals surface area contributed by atoms with Gasteiger partial charge in [0.25, 0.3) is 0 Å². The second kappa shape index (κ2) is 12.5. The fourth-order valence-electron chi connectivity index (χ4n) is 3.53. The zero-order valence-corrected chi connectivity index (χ0v) is 19.4. The molecule has 3 rings (SSSR count). The van der Waals surface area contributed by atoms with Crippen LogP contribution in [0.25, 0.3) is 11.1 Å². The highest BCUT2D eigenvalue weighted by molar-refractivity contribution is 5.64. The molecule has 0 atom stereocenters.